The van der Waals surface area contributed by atoms with Gasteiger partial charge in [0.1, 0.15) is 5.75 Å². The lowest BCUT2D eigenvalue weighted by Gasteiger charge is -2.22. The van der Waals surface area contributed by atoms with Crippen LogP contribution in [0.3, 0.4) is 0 Å². The van der Waals surface area contributed by atoms with Crippen LogP contribution in [0, 0.1) is 6.92 Å². The molecule has 0 aliphatic rings. The zero-order valence-corrected chi connectivity index (χ0v) is 20.0. The van der Waals surface area contributed by atoms with Gasteiger partial charge >= 0.3 is 0 Å². The van der Waals surface area contributed by atoms with Gasteiger partial charge in [0.2, 0.25) is 0 Å². The molecule has 0 aliphatic heterocycles. The molecular weight excluding hydrogens is 424 g/mol. The quantitative estimate of drug-likeness (QED) is 0.260. The lowest BCUT2D eigenvalue weighted by molar-refractivity contribution is 0.418. The summed E-state index contributed by atoms with van der Waals surface area (Å²) in [5.74, 6) is 0.911. The Kier molecular flexibility index (Phi) is 5.31. The van der Waals surface area contributed by atoms with Crippen LogP contribution < -0.4 is 4.74 Å². The van der Waals surface area contributed by atoms with E-state index in [1.165, 1.54) is 43.8 Å². The van der Waals surface area contributed by atoms with E-state index in [1.54, 1.807) is 7.11 Å². The number of ether oxygens (including phenoxy) is 1. The molecule has 0 radical (unpaired) electrons. The van der Waals surface area contributed by atoms with Crippen molar-refractivity contribution in [3.8, 4) is 39.1 Å². The molecule has 6 rings (SSSR count). The van der Waals surface area contributed by atoms with Crippen LogP contribution in [-0.4, -0.2) is 7.11 Å². The zero-order chi connectivity index (χ0) is 23.8. The van der Waals surface area contributed by atoms with Gasteiger partial charge < -0.3 is 4.74 Å². The lowest BCUT2D eigenvalue weighted by atomic mass is 9.84. The fraction of sp³-hybridized carbons (Fsp3) is 0.0588. The fourth-order valence-corrected chi connectivity index (χ4v) is 5.31. The van der Waals surface area contributed by atoms with Crippen molar-refractivity contribution in [3.05, 3.63) is 127 Å². The summed E-state index contributed by atoms with van der Waals surface area (Å²) < 4.78 is 6.24. The molecule has 168 valence electrons. The lowest BCUT2D eigenvalue weighted by Crippen LogP contribution is -1.98. The first-order valence-corrected chi connectivity index (χ1v) is 12.0. The smallest absolute Gasteiger partial charge is 0.135 e. The second-order valence-electron chi connectivity index (χ2n) is 8.93. The molecule has 0 bridgehead atoms. The van der Waals surface area contributed by atoms with Gasteiger partial charge in [-0.05, 0) is 68.4 Å². The zero-order valence-electron chi connectivity index (χ0n) is 20.0. The third-order valence-electron chi connectivity index (χ3n) is 6.93. The largest absolute Gasteiger partial charge is 0.495 e. The van der Waals surface area contributed by atoms with E-state index < -0.39 is 0 Å². The van der Waals surface area contributed by atoms with Crippen molar-refractivity contribution in [1.82, 2.24) is 0 Å². The van der Waals surface area contributed by atoms with Crippen molar-refractivity contribution in [1.29, 1.82) is 0 Å². The highest BCUT2D eigenvalue weighted by Crippen LogP contribution is 2.48. The molecule has 6 aromatic rings. The van der Waals surface area contributed by atoms with Gasteiger partial charge in [-0.1, -0.05) is 109 Å². The first-order valence-electron chi connectivity index (χ1n) is 12.0. The summed E-state index contributed by atoms with van der Waals surface area (Å²) in [5, 5.41) is 4.86. The van der Waals surface area contributed by atoms with Crippen LogP contribution in [0.5, 0.6) is 5.75 Å². The normalized spacial score (nSPS) is 11.1. The Labute approximate surface area is 206 Å². The van der Waals surface area contributed by atoms with Crippen molar-refractivity contribution in [2.75, 3.05) is 7.11 Å². The van der Waals surface area contributed by atoms with E-state index in [0.717, 1.165) is 22.4 Å². The Bertz CT molecular complexity index is 1660. The molecule has 0 spiro atoms. The van der Waals surface area contributed by atoms with Crippen molar-refractivity contribution in [3.63, 3.8) is 0 Å². The third kappa shape index (κ3) is 3.57. The average Bonchev–Trinajstić information content (AvgIpc) is 2.93. The summed E-state index contributed by atoms with van der Waals surface area (Å²) in [4.78, 5) is 0. The minimum Gasteiger partial charge on any atom is -0.495 e. The van der Waals surface area contributed by atoms with Gasteiger partial charge in [-0.15, -0.1) is 0 Å². The van der Waals surface area contributed by atoms with Gasteiger partial charge in [-0.2, -0.15) is 0 Å². The molecule has 0 N–H and O–H groups in total. The van der Waals surface area contributed by atoms with Gasteiger partial charge in [0, 0.05) is 11.1 Å². The van der Waals surface area contributed by atoms with Crippen LogP contribution in [-0.2, 0) is 0 Å². The minimum absolute atomic E-state index is 0.911. The van der Waals surface area contributed by atoms with E-state index in [2.05, 4.69) is 128 Å². The molecule has 1 heteroatoms. The molecule has 1 nitrogen and oxygen atoms in total. The van der Waals surface area contributed by atoms with Crippen LogP contribution in [0.2, 0.25) is 0 Å². The predicted octanol–water partition coefficient (Wildman–Crippen LogP) is 9.31. The first-order chi connectivity index (χ1) is 17.3. The molecule has 0 saturated carbocycles. The molecule has 35 heavy (non-hydrogen) atoms. The number of rotatable bonds is 4. The SMILES string of the molecule is COc1c(-c2ccccc2)cc2ccccc2c1-c1c(C)c(-c2ccccc2)cc2ccccc12. The number of hydrogen-bond acceptors (Lipinski definition) is 1. The van der Waals surface area contributed by atoms with E-state index in [0.29, 0.717) is 0 Å². The summed E-state index contributed by atoms with van der Waals surface area (Å²) >= 11 is 0. The summed E-state index contributed by atoms with van der Waals surface area (Å²) in [5.41, 5.74) is 8.36. The molecular formula is C34H26O. The Morgan fingerprint density at radius 1 is 0.486 bits per heavy atom. The van der Waals surface area contributed by atoms with Crippen molar-refractivity contribution >= 4 is 21.5 Å². The second-order valence-corrected chi connectivity index (χ2v) is 8.93. The van der Waals surface area contributed by atoms with Crippen LogP contribution in [0.15, 0.2) is 121 Å². The third-order valence-corrected chi connectivity index (χ3v) is 6.93. The molecule has 6 aromatic carbocycles. The summed E-state index contributed by atoms with van der Waals surface area (Å²) in [6, 6.07) is 43.1. The molecule has 0 aliphatic carbocycles. The number of fused-ring (bicyclic) bond motifs is 2. The Morgan fingerprint density at radius 2 is 0.943 bits per heavy atom. The summed E-state index contributed by atoms with van der Waals surface area (Å²) in [7, 11) is 1.79. The minimum atomic E-state index is 0.911. The molecule has 0 aromatic heterocycles. The molecule has 0 unspecified atom stereocenters. The van der Waals surface area contributed by atoms with Crippen LogP contribution in [0.1, 0.15) is 5.56 Å². The van der Waals surface area contributed by atoms with Gasteiger partial charge in [0.25, 0.3) is 0 Å². The standard InChI is InChI=1S/C34H26O/c1-23-30(24-13-5-3-6-14-24)21-26-17-9-11-19-28(26)32(23)33-29-20-12-10-18-27(29)22-31(34(33)35-2)25-15-7-4-8-16-25/h3-22H,1-2H3. The first kappa shape index (κ1) is 21.2. The van der Waals surface area contributed by atoms with Crippen LogP contribution in [0.25, 0.3) is 54.9 Å². The van der Waals surface area contributed by atoms with E-state index in [9.17, 15) is 0 Å². The maximum Gasteiger partial charge on any atom is 0.135 e. The van der Waals surface area contributed by atoms with Crippen LogP contribution in [0.4, 0.5) is 0 Å². The van der Waals surface area contributed by atoms with Gasteiger partial charge in [-0.3, -0.25) is 0 Å². The maximum absolute atomic E-state index is 6.24. The predicted molar refractivity (Wildman–Crippen MR) is 149 cm³/mol. The summed E-state index contributed by atoms with van der Waals surface area (Å²) in [6.45, 7) is 2.24. The van der Waals surface area contributed by atoms with E-state index in [1.807, 2.05) is 0 Å². The number of benzene rings is 6. The fourth-order valence-electron chi connectivity index (χ4n) is 5.31. The maximum atomic E-state index is 6.24. The van der Waals surface area contributed by atoms with Gasteiger partial charge in [0.05, 0.1) is 7.11 Å². The topological polar surface area (TPSA) is 9.23 Å². The molecule has 0 amide bonds. The monoisotopic (exact) mass is 450 g/mol. The highest BCUT2D eigenvalue weighted by Gasteiger charge is 2.22. The van der Waals surface area contributed by atoms with E-state index >= 15 is 0 Å². The van der Waals surface area contributed by atoms with Gasteiger partial charge in [0.15, 0.2) is 0 Å². The second kappa shape index (κ2) is 8.77. The van der Waals surface area contributed by atoms with E-state index in [-0.39, 0.29) is 0 Å². The molecule has 0 saturated heterocycles. The van der Waals surface area contributed by atoms with Crippen molar-refractivity contribution in [2.24, 2.45) is 0 Å². The van der Waals surface area contributed by atoms with Crippen LogP contribution >= 0.6 is 0 Å². The molecule has 0 heterocycles. The van der Waals surface area contributed by atoms with Crippen molar-refractivity contribution < 1.29 is 4.74 Å². The number of methoxy groups -OCH3 is 1. The Balaban J connectivity index is 1.80. The van der Waals surface area contributed by atoms with Crippen molar-refractivity contribution in [2.45, 2.75) is 6.92 Å². The Morgan fingerprint density at radius 3 is 1.51 bits per heavy atom. The highest BCUT2D eigenvalue weighted by atomic mass is 16.5. The average molecular weight is 451 g/mol. The number of hydrogen-bond donors (Lipinski definition) is 0. The molecule has 0 fully saturated rings. The summed E-state index contributed by atoms with van der Waals surface area (Å²) in [6.07, 6.45) is 0. The Hall–Kier alpha value is -4.36. The highest BCUT2D eigenvalue weighted by molar-refractivity contribution is 6.12. The van der Waals surface area contributed by atoms with Gasteiger partial charge in [-0.25, -0.2) is 0 Å². The van der Waals surface area contributed by atoms with E-state index in [4.69, 9.17) is 4.74 Å². The molecule has 0 atom stereocenters.